The van der Waals surface area contributed by atoms with Gasteiger partial charge in [0.1, 0.15) is 0 Å². The number of nitrogens with one attached hydrogen (secondary N) is 1. The van der Waals surface area contributed by atoms with E-state index in [1.54, 1.807) is 0 Å². The van der Waals surface area contributed by atoms with Crippen molar-refractivity contribution in [2.45, 2.75) is 0 Å². The Morgan fingerprint density at radius 3 is 1.76 bits per heavy atom. The molecule has 0 amide bonds. The summed E-state index contributed by atoms with van der Waals surface area (Å²) in [5, 5.41) is 3.93. The van der Waals surface area contributed by atoms with Gasteiger partial charge in [-0.25, -0.2) is 0 Å². The van der Waals surface area contributed by atoms with E-state index < -0.39 is 0 Å². The maximum absolute atomic E-state index is 3.72. The lowest BCUT2D eigenvalue weighted by molar-refractivity contribution is 1.28. The molecule has 0 fully saturated rings. The molecular weight excluding hydrogens is 460 g/mol. The van der Waals surface area contributed by atoms with Gasteiger partial charge < -0.3 is 9.88 Å². The van der Waals surface area contributed by atoms with E-state index in [1.165, 1.54) is 55.2 Å². The Bertz CT molecular complexity index is 1900. The van der Waals surface area contributed by atoms with Crippen molar-refractivity contribution in [3.63, 3.8) is 0 Å². The molecule has 0 radical (unpaired) electrons. The van der Waals surface area contributed by atoms with E-state index in [0.717, 1.165) is 17.1 Å². The molecule has 0 saturated heterocycles. The number of anilines is 3. The molecule has 1 aliphatic rings. The number of hydrogen-bond donors (Lipinski definition) is 1. The Morgan fingerprint density at radius 2 is 1.08 bits per heavy atom. The highest BCUT2D eigenvalue weighted by Crippen LogP contribution is 2.50. The Hall–Kier alpha value is -5.08. The monoisotopic (exact) mass is 484 g/mol. The molecule has 2 heteroatoms. The van der Waals surface area contributed by atoms with Gasteiger partial charge in [-0.2, -0.15) is 0 Å². The van der Waals surface area contributed by atoms with Crippen molar-refractivity contribution < 1.29 is 0 Å². The van der Waals surface area contributed by atoms with Gasteiger partial charge in [0.05, 0.1) is 5.69 Å². The van der Waals surface area contributed by atoms with Crippen LogP contribution >= 0.6 is 0 Å². The minimum Gasteiger partial charge on any atom is -0.354 e. The van der Waals surface area contributed by atoms with E-state index in [-0.39, 0.29) is 0 Å². The topological polar surface area (TPSA) is 19.0 Å². The predicted molar refractivity (Wildman–Crippen MR) is 160 cm³/mol. The fourth-order valence-corrected chi connectivity index (χ4v) is 6.02. The van der Waals surface area contributed by atoms with Gasteiger partial charge in [-0.05, 0) is 76.0 Å². The van der Waals surface area contributed by atoms with E-state index in [1.807, 2.05) is 0 Å². The van der Waals surface area contributed by atoms with Gasteiger partial charge in [0.15, 0.2) is 0 Å². The summed E-state index contributed by atoms with van der Waals surface area (Å²) in [4.78, 5) is 6.01. The van der Waals surface area contributed by atoms with Gasteiger partial charge in [0.2, 0.25) is 0 Å². The Labute approximate surface area is 221 Å². The lowest BCUT2D eigenvalue weighted by atomic mass is 9.98. The maximum atomic E-state index is 3.72. The van der Waals surface area contributed by atoms with Crippen LogP contribution in [-0.4, -0.2) is 4.98 Å². The quantitative estimate of drug-likeness (QED) is 0.263. The number of fused-ring (bicyclic) bond motifs is 5. The molecule has 6 aromatic carbocycles. The van der Waals surface area contributed by atoms with Crippen LogP contribution in [0.5, 0.6) is 0 Å². The van der Waals surface area contributed by atoms with Crippen LogP contribution in [0.25, 0.3) is 55.2 Å². The number of nitrogens with zero attached hydrogens (tertiary/aromatic N) is 1. The number of aromatic amines is 1. The van der Waals surface area contributed by atoms with Gasteiger partial charge in [-0.1, -0.05) is 91.0 Å². The first kappa shape index (κ1) is 21.0. The van der Waals surface area contributed by atoms with Crippen LogP contribution in [0.15, 0.2) is 140 Å². The average Bonchev–Trinajstić information content (AvgIpc) is 3.51. The van der Waals surface area contributed by atoms with E-state index in [4.69, 9.17) is 0 Å². The number of benzene rings is 6. The zero-order valence-corrected chi connectivity index (χ0v) is 20.7. The summed E-state index contributed by atoms with van der Waals surface area (Å²) in [6, 6.07) is 50.0. The van der Waals surface area contributed by atoms with E-state index >= 15 is 0 Å². The average molecular weight is 485 g/mol. The standard InChI is InChI=1S/C36H24N2/c1-3-11-27(12-4-1)38(28-13-5-2-6-14-28)29-20-17-24(18-21-29)26-19-22-33-32(23-26)35-30-15-7-9-25-10-8-16-31(34(25)30)36(35)37-33/h1-23,37H. The largest absolute Gasteiger partial charge is 0.354 e. The van der Waals surface area contributed by atoms with Gasteiger partial charge in [-0.3, -0.25) is 0 Å². The summed E-state index contributed by atoms with van der Waals surface area (Å²) in [6.07, 6.45) is 0. The van der Waals surface area contributed by atoms with Crippen LogP contribution in [0, 0.1) is 0 Å². The third kappa shape index (κ3) is 3.14. The van der Waals surface area contributed by atoms with Crippen LogP contribution in [0.2, 0.25) is 0 Å². The van der Waals surface area contributed by atoms with Crippen molar-refractivity contribution >= 4 is 38.7 Å². The highest BCUT2D eigenvalue weighted by Gasteiger charge is 2.25. The molecule has 8 rings (SSSR count). The van der Waals surface area contributed by atoms with Crippen molar-refractivity contribution in [1.82, 2.24) is 4.98 Å². The van der Waals surface area contributed by atoms with E-state index in [9.17, 15) is 0 Å². The van der Waals surface area contributed by atoms with Crippen LogP contribution in [0.4, 0.5) is 17.1 Å². The summed E-state index contributed by atoms with van der Waals surface area (Å²) in [6.45, 7) is 0. The van der Waals surface area contributed by atoms with Gasteiger partial charge in [0, 0.05) is 39.1 Å². The first-order chi connectivity index (χ1) is 18.8. The molecule has 1 N–H and O–H groups in total. The first-order valence-corrected chi connectivity index (χ1v) is 13.0. The Balaban J connectivity index is 1.22. The molecule has 0 spiro atoms. The number of aromatic nitrogens is 1. The number of hydrogen-bond acceptors (Lipinski definition) is 1. The minimum absolute atomic E-state index is 1.14. The normalized spacial score (nSPS) is 11.7. The zero-order valence-electron chi connectivity index (χ0n) is 20.7. The highest BCUT2D eigenvalue weighted by atomic mass is 15.1. The first-order valence-electron chi connectivity index (χ1n) is 13.0. The molecule has 0 aliphatic heterocycles. The van der Waals surface area contributed by atoms with Crippen LogP contribution in [-0.2, 0) is 0 Å². The van der Waals surface area contributed by atoms with Crippen molar-refractivity contribution in [3.8, 4) is 33.5 Å². The third-order valence-corrected chi connectivity index (χ3v) is 7.73. The second-order valence-corrected chi connectivity index (χ2v) is 9.90. The summed E-state index contributed by atoms with van der Waals surface area (Å²) in [5.41, 5.74) is 12.2. The zero-order chi connectivity index (χ0) is 25.1. The summed E-state index contributed by atoms with van der Waals surface area (Å²) in [5.74, 6) is 0. The molecular formula is C36H24N2. The number of rotatable bonds is 4. The second-order valence-electron chi connectivity index (χ2n) is 9.90. The van der Waals surface area contributed by atoms with Crippen LogP contribution < -0.4 is 4.90 Å². The van der Waals surface area contributed by atoms with Crippen molar-refractivity contribution in [2.24, 2.45) is 0 Å². The lowest BCUT2D eigenvalue weighted by Crippen LogP contribution is -2.09. The van der Waals surface area contributed by atoms with Crippen molar-refractivity contribution in [2.75, 3.05) is 4.90 Å². The van der Waals surface area contributed by atoms with Gasteiger partial charge in [0.25, 0.3) is 0 Å². The summed E-state index contributed by atoms with van der Waals surface area (Å²) >= 11 is 0. The molecule has 1 aliphatic carbocycles. The fraction of sp³-hybridized carbons (Fsp3) is 0. The SMILES string of the molecule is c1ccc(N(c2ccccc2)c2ccc(-c3ccc4[nH]c5c(c4c3)-c3cccc4cccc-5c34)cc2)cc1. The summed E-state index contributed by atoms with van der Waals surface area (Å²) < 4.78 is 0. The van der Waals surface area contributed by atoms with Crippen LogP contribution in [0.3, 0.4) is 0 Å². The molecule has 1 heterocycles. The van der Waals surface area contributed by atoms with Crippen molar-refractivity contribution in [1.29, 1.82) is 0 Å². The van der Waals surface area contributed by atoms with E-state index in [0.29, 0.717) is 0 Å². The number of para-hydroxylation sites is 2. The molecule has 1 aromatic heterocycles. The third-order valence-electron chi connectivity index (χ3n) is 7.73. The molecule has 38 heavy (non-hydrogen) atoms. The summed E-state index contributed by atoms with van der Waals surface area (Å²) in [7, 11) is 0. The smallest absolute Gasteiger partial charge is 0.0551 e. The lowest BCUT2D eigenvalue weighted by Gasteiger charge is -2.25. The van der Waals surface area contributed by atoms with Gasteiger partial charge in [-0.15, -0.1) is 0 Å². The number of H-pyrrole nitrogens is 1. The van der Waals surface area contributed by atoms with E-state index in [2.05, 4.69) is 149 Å². The molecule has 7 aromatic rings. The van der Waals surface area contributed by atoms with Crippen LogP contribution in [0.1, 0.15) is 0 Å². The maximum Gasteiger partial charge on any atom is 0.0551 e. The Kier molecular flexibility index (Phi) is 4.55. The molecule has 0 bridgehead atoms. The molecule has 0 saturated carbocycles. The molecule has 0 atom stereocenters. The predicted octanol–water partition coefficient (Wildman–Crippen LogP) is 10.1. The van der Waals surface area contributed by atoms with Gasteiger partial charge >= 0.3 is 0 Å². The molecule has 178 valence electrons. The molecule has 0 unspecified atom stereocenters. The van der Waals surface area contributed by atoms with Crippen molar-refractivity contribution in [3.05, 3.63) is 140 Å². The Morgan fingerprint density at radius 1 is 0.474 bits per heavy atom. The molecule has 2 nitrogen and oxygen atoms in total. The second kappa shape index (κ2) is 8.22. The highest BCUT2D eigenvalue weighted by molar-refractivity contribution is 6.21. The minimum atomic E-state index is 1.14. The fourth-order valence-electron chi connectivity index (χ4n) is 6.02.